The number of nitrogens with one attached hydrogen (secondary N) is 2. The first-order valence-electron chi connectivity index (χ1n) is 18.3. The van der Waals surface area contributed by atoms with Crippen LogP contribution in [0.4, 0.5) is 15.8 Å². The highest BCUT2D eigenvalue weighted by atomic mass is 35.5. The first-order chi connectivity index (χ1) is 25.2. The third kappa shape index (κ3) is 8.52. The van der Waals surface area contributed by atoms with Crippen LogP contribution in [0.5, 0.6) is 5.75 Å². The number of pyridine rings is 2. The number of carbonyl (C=O) groups is 2. The minimum absolute atomic E-state index is 0. The van der Waals surface area contributed by atoms with Crippen molar-refractivity contribution in [2.24, 2.45) is 18.9 Å². The summed E-state index contributed by atoms with van der Waals surface area (Å²) in [6.07, 6.45) is 12.6. The molecule has 12 heteroatoms. The molecule has 3 saturated heterocycles. The SMILES string of the molecule is C.COc1cc(-c2cn(C)c(=O)c3cnccc23)cc(Cl)c1CN1CCC(CCC2CCN(c3ccc(NC4CCC(=O)NC4=O)cc3F)CC2)CC1. The number of piperidine rings is 3. The monoisotopic (exact) mass is 744 g/mol. The van der Waals surface area contributed by atoms with E-state index in [1.807, 2.05) is 30.5 Å². The number of benzene rings is 2. The van der Waals surface area contributed by atoms with Gasteiger partial charge in [0.1, 0.15) is 17.6 Å². The Hall–Kier alpha value is -4.48. The molecule has 0 spiro atoms. The summed E-state index contributed by atoms with van der Waals surface area (Å²) in [6, 6.07) is 10.4. The maximum Gasteiger partial charge on any atom is 0.259 e. The van der Waals surface area contributed by atoms with Crippen molar-refractivity contribution in [1.29, 1.82) is 0 Å². The van der Waals surface area contributed by atoms with Gasteiger partial charge in [-0.2, -0.15) is 0 Å². The Morgan fingerprint density at radius 1 is 0.962 bits per heavy atom. The number of hydrogen-bond donors (Lipinski definition) is 2. The zero-order chi connectivity index (χ0) is 36.4. The number of ether oxygens (including phenoxy) is 1. The van der Waals surface area contributed by atoms with Crippen LogP contribution in [0.15, 0.2) is 59.8 Å². The minimum Gasteiger partial charge on any atom is -0.496 e. The summed E-state index contributed by atoms with van der Waals surface area (Å²) in [5.41, 5.74) is 3.83. The van der Waals surface area contributed by atoms with E-state index in [0.717, 1.165) is 86.2 Å². The Bertz CT molecular complexity index is 2020. The quantitative estimate of drug-likeness (QED) is 0.165. The lowest BCUT2D eigenvalue weighted by atomic mass is 9.85. The molecule has 0 saturated carbocycles. The fourth-order valence-corrected chi connectivity index (χ4v) is 8.39. The van der Waals surface area contributed by atoms with Gasteiger partial charge in [0.25, 0.3) is 5.56 Å². The lowest BCUT2D eigenvalue weighted by Crippen LogP contribution is -2.47. The minimum atomic E-state index is -0.536. The van der Waals surface area contributed by atoms with E-state index in [1.54, 1.807) is 37.2 Å². The molecule has 2 amide bonds. The van der Waals surface area contributed by atoms with Crippen molar-refractivity contribution >= 4 is 45.6 Å². The Morgan fingerprint density at radius 3 is 2.36 bits per heavy atom. The van der Waals surface area contributed by atoms with Crippen molar-refractivity contribution in [2.45, 2.75) is 71.4 Å². The zero-order valence-electron chi connectivity index (χ0n) is 29.8. The Kier molecular flexibility index (Phi) is 12.0. The van der Waals surface area contributed by atoms with E-state index in [1.165, 1.54) is 18.9 Å². The van der Waals surface area contributed by atoms with Crippen LogP contribution in [-0.2, 0) is 23.2 Å². The highest BCUT2D eigenvalue weighted by Crippen LogP contribution is 2.38. The van der Waals surface area contributed by atoms with Crippen molar-refractivity contribution in [2.75, 3.05) is 43.5 Å². The number of anilines is 2. The van der Waals surface area contributed by atoms with E-state index < -0.39 is 6.04 Å². The van der Waals surface area contributed by atoms with Gasteiger partial charge in [0, 0.05) is 73.5 Å². The van der Waals surface area contributed by atoms with Crippen molar-refractivity contribution in [1.82, 2.24) is 19.8 Å². The third-order valence-electron chi connectivity index (χ3n) is 11.2. The van der Waals surface area contributed by atoms with Gasteiger partial charge in [-0.3, -0.25) is 29.6 Å². The fraction of sp³-hybridized carbons (Fsp3) is 0.463. The van der Waals surface area contributed by atoms with E-state index in [2.05, 4.69) is 25.4 Å². The molecule has 2 N–H and O–H groups in total. The van der Waals surface area contributed by atoms with Crippen molar-refractivity contribution < 1.29 is 18.7 Å². The molecule has 53 heavy (non-hydrogen) atoms. The summed E-state index contributed by atoms with van der Waals surface area (Å²) in [5.74, 6) is 1.15. The van der Waals surface area contributed by atoms with Gasteiger partial charge in [0.05, 0.1) is 18.2 Å². The number of fused-ring (bicyclic) bond motifs is 1. The van der Waals surface area contributed by atoms with Crippen LogP contribution in [-0.4, -0.2) is 65.6 Å². The molecule has 10 nitrogen and oxygen atoms in total. The molecular formula is C41H50ClFN6O4. The van der Waals surface area contributed by atoms with Gasteiger partial charge in [-0.15, -0.1) is 0 Å². The molecule has 3 fully saturated rings. The zero-order valence-corrected chi connectivity index (χ0v) is 30.6. The molecule has 2 aromatic heterocycles. The van der Waals surface area contributed by atoms with E-state index in [0.29, 0.717) is 40.0 Å². The molecule has 4 aromatic rings. The Labute approximate surface area is 315 Å². The molecule has 0 aliphatic carbocycles. The van der Waals surface area contributed by atoms with Gasteiger partial charge >= 0.3 is 0 Å². The smallest absolute Gasteiger partial charge is 0.259 e. The van der Waals surface area contributed by atoms with Crippen LogP contribution in [0.1, 0.15) is 64.4 Å². The number of hydrogen-bond acceptors (Lipinski definition) is 8. The second kappa shape index (κ2) is 16.7. The normalized spacial score (nSPS) is 18.9. The summed E-state index contributed by atoms with van der Waals surface area (Å²) in [4.78, 5) is 45.0. The van der Waals surface area contributed by atoms with Gasteiger partial charge < -0.3 is 19.5 Å². The van der Waals surface area contributed by atoms with Crippen LogP contribution in [0.25, 0.3) is 21.9 Å². The largest absolute Gasteiger partial charge is 0.496 e. The number of carbonyl (C=O) groups excluding carboxylic acids is 2. The molecule has 3 aliphatic rings. The number of methoxy groups -OCH3 is 1. The average molecular weight is 745 g/mol. The standard InChI is InChI=1S/C40H46ClFN6O4.CH4/c1-46-23-31(29-9-14-43-22-30(29)40(46)51)27-19-33(41)32(37(20-27)52-2)24-47-15-10-25(11-16-47)3-4-26-12-17-48(18-13-26)36-7-5-28(21-34(36)42)44-35-6-8-38(49)45-39(35)50;/h5,7,9,14,19-23,25-26,35,44H,3-4,6,8,10-13,15-18,24H2,1-2H3,(H,45,49,50);1H4. The maximum absolute atomic E-state index is 15.2. The van der Waals surface area contributed by atoms with Gasteiger partial charge in [-0.25, -0.2) is 4.39 Å². The summed E-state index contributed by atoms with van der Waals surface area (Å²) in [6.45, 7) is 4.40. The summed E-state index contributed by atoms with van der Waals surface area (Å²) < 4.78 is 22.6. The number of nitrogens with zero attached hydrogens (tertiary/aromatic N) is 4. The summed E-state index contributed by atoms with van der Waals surface area (Å²) in [7, 11) is 3.42. The topological polar surface area (TPSA) is 109 Å². The van der Waals surface area contributed by atoms with Crippen molar-refractivity contribution in [3.05, 3.63) is 81.7 Å². The van der Waals surface area contributed by atoms with Crippen LogP contribution in [0.3, 0.4) is 0 Å². The number of aryl methyl sites for hydroxylation is 1. The first kappa shape index (κ1) is 38.3. The van der Waals surface area contributed by atoms with Gasteiger partial charge in [0.15, 0.2) is 0 Å². The molecule has 7 rings (SSSR count). The summed E-state index contributed by atoms with van der Waals surface area (Å²) in [5, 5.41) is 7.45. The Morgan fingerprint density at radius 2 is 1.68 bits per heavy atom. The van der Waals surface area contributed by atoms with Crippen molar-refractivity contribution in [3.8, 4) is 16.9 Å². The van der Waals surface area contributed by atoms with Gasteiger partial charge in [-0.05, 0) is 104 Å². The number of halogens is 2. The number of aromatic nitrogens is 2. The van der Waals surface area contributed by atoms with Crippen LogP contribution < -0.4 is 25.8 Å². The molecule has 3 aliphatic heterocycles. The number of amides is 2. The second-order valence-electron chi connectivity index (χ2n) is 14.6. The first-order valence-corrected chi connectivity index (χ1v) is 18.7. The maximum atomic E-state index is 15.2. The average Bonchev–Trinajstić information content (AvgIpc) is 3.15. The fourth-order valence-electron chi connectivity index (χ4n) is 8.12. The molecule has 1 atom stereocenters. The predicted molar refractivity (Wildman–Crippen MR) is 209 cm³/mol. The highest BCUT2D eigenvalue weighted by Gasteiger charge is 2.28. The number of likely N-dealkylation sites (tertiary alicyclic amines) is 1. The molecule has 1 unspecified atom stereocenters. The molecule has 0 bridgehead atoms. The van der Waals surface area contributed by atoms with E-state index in [9.17, 15) is 14.4 Å². The van der Waals surface area contributed by atoms with E-state index in [-0.39, 0.29) is 37.0 Å². The summed E-state index contributed by atoms with van der Waals surface area (Å²) >= 11 is 6.94. The lowest BCUT2D eigenvalue weighted by Gasteiger charge is -2.36. The molecule has 5 heterocycles. The third-order valence-corrected chi connectivity index (χ3v) is 11.6. The lowest BCUT2D eigenvalue weighted by molar-refractivity contribution is -0.133. The van der Waals surface area contributed by atoms with Crippen LogP contribution >= 0.6 is 11.6 Å². The molecule has 2 aromatic carbocycles. The molecular weight excluding hydrogens is 695 g/mol. The Balaban J connectivity index is 0.00000481. The molecule has 0 radical (unpaired) electrons. The van der Waals surface area contributed by atoms with Crippen LogP contribution in [0.2, 0.25) is 5.02 Å². The van der Waals surface area contributed by atoms with Gasteiger partial charge in [0.2, 0.25) is 11.8 Å². The predicted octanol–water partition coefficient (Wildman–Crippen LogP) is 7.16. The number of rotatable bonds is 10. The van der Waals surface area contributed by atoms with E-state index >= 15 is 4.39 Å². The van der Waals surface area contributed by atoms with E-state index in [4.69, 9.17) is 16.3 Å². The van der Waals surface area contributed by atoms with Crippen molar-refractivity contribution in [3.63, 3.8) is 0 Å². The highest BCUT2D eigenvalue weighted by molar-refractivity contribution is 6.32. The van der Waals surface area contributed by atoms with Gasteiger partial charge in [-0.1, -0.05) is 31.9 Å². The van der Waals surface area contributed by atoms with Crippen LogP contribution in [0, 0.1) is 17.7 Å². The molecule has 282 valence electrons. The number of imide groups is 1. The second-order valence-corrected chi connectivity index (χ2v) is 15.0.